The molecular weight excluding hydrogens is 212 g/mol. The van der Waals surface area contributed by atoms with E-state index in [1.807, 2.05) is 6.08 Å². The number of carbonyl (C=O) groups excluding carboxylic acids is 1. The molecule has 0 aromatic rings. The summed E-state index contributed by atoms with van der Waals surface area (Å²) in [6.07, 6.45) is 6.77. The van der Waals surface area contributed by atoms with E-state index in [9.17, 15) is 4.79 Å². The maximum atomic E-state index is 10.8. The van der Waals surface area contributed by atoms with E-state index in [-0.39, 0.29) is 6.61 Å². The van der Waals surface area contributed by atoms with Crippen molar-refractivity contribution in [3.05, 3.63) is 23.8 Å². The smallest absolute Gasteiger partial charge is 0.145 e. The van der Waals surface area contributed by atoms with Gasteiger partial charge in [-0.1, -0.05) is 25.2 Å². The molecule has 0 bridgehead atoms. The fraction of sp³-hybridized carbons (Fsp3) is 0.667. The van der Waals surface area contributed by atoms with Gasteiger partial charge in [0.25, 0.3) is 0 Å². The molecule has 96 valence electrons. The minimum absolute atomic E-state index is 0.0503. The maximum absolute atomic E-state index is 10.8. The number of aliphatic hydroxyl groups is 1. The highest BCUT2D eigenvalue weighted by molar-refractivity contribution is 5.72. The molecule has 1 saturated carbocycles. The second kappa shape index (κ2) is 6.75. The first-order chi connectivity index (χ1) is 8.10. The minimum Gasteiger partial charge on any atom is -0.396 e. The molecule has 3 unspecified atom stereocenters. The highest BCUT2D eigenvalue weighted by atomic mass is 16.3. The zero-order chi connectivity index (χ0) is 12.8. The molecular formula is C15H24O2. The van der Waals surface area contributed by atoms with Crippen LogP contribution in [0.4, 0.5) is 0 Å². The van der Waals surface area contributed by atoms with Crippen LogP contribution in [-0.2, 0) is 4.79 Å². The van der Waals surface area contributed by atoms with E-state index in [0.29, 0.717) is 24.2 Å². The van der Waals surface area contributed by atoms with Gasteiger partial charge in [-0.15, -0.1) is 0 Å². The van der Waals surface area contributed by atoms with Crippen molar-refractivity contribution >= 4 is 6.29 Å². The third-order valence-corrected chi connectivity index (χ3v) is 4.02. The van der Waals surface area contributed by atoms with E-state index in [1.54, 1.807) is 0 Å². The summed E-state index contributed by atoms with van der Waals surface area (Å²) in [6, 6.07) is 0. The second-order valence-electron chi connectivity index (χ2n) is 5.28. The van der Waals surface area contributed by atoms with E-state index in [4.69, 9.17) is 5.11 Å². The molecule has 0 aromatic carbocycles. The van der Waals surface area contributed by atoms with Crippen molar-refractivity contribution in [2.24, 2.45) is 17.8 Å². The molecule has 0 aromatic heterocycles. The Balaban J connectivity index is 2.64. The maximum Gasteiger partial charge on any atom is 0.145 e. The molecule has 0 radical (unpaired) electrons. The summed E-state index contributed by atoms with van der Waals surface area (Å²) in [5, 5.41) is 8.84. The Morgan fingerprint density at radius 1 is 1.47 bits per heavy atom. The lowest BCUT2D eigenvalue weighted by Gasteiger charge is -2.22. The van der Waals surface area contributed by atoms with Gasteiger partial charge >= 0.3 is 0 Å². The second-order valence-corrected chi connectivity index (χ2v) is 5.28. The van der Waals surface area contributed by atoms with Gasteiger partial charge in [0.2, 0.25) is 0 Å². The molecule has 17 heavy (non-hydrogen) atoms. The first-order valence-electron chi connectivity index (χ1n) is 6.50. The Labute approximate surface area is 104 Å². The average molecular weight is 236 g/mol. The van der Waals surface area contributed by atoms with Gasteiger partial charge < -0.3 is 5.11 Å². The molecule has 0 heterocycles. The number of aldehydes is 1. The summed E-state index contributed by atoms with van der Waals surface area (Å²) in [4.78, 5) is 10.8. The number of hydrogen-bond acceptors (Lipinski definition) is 2. The Morgan fingerprint density at radius 2 is 2.18 bits per heavy atom. The third kappa shape index (κ3) is 3.81. The first-order valence-corrected chi connectivity index (χ1v) is 6.50. The highest BCUT2D eigenvalue weighted by Gasteiger charge is 2.32. The Kier molecular flexibility index (Phi) is 5.63. The van der Waals surface area contributed by atoms with Crippen LogP contribution >= 0.6 is 0 Å². The largest absolute Gasteiger partial charge is 0.396 e. The van der Waals surface area contributed by atoms with Gasteiger partial charge in [0.15, 0.2) is 0 Å². The quantitative estimate of drug-likeness (QED) is 0.437. The van der Waals surface area contributed by atoms with Crippen molar-refractivity contribution in [1.82, 2.24) is 0 Å². The standard InChI is InChI=1S/C15H24O2/c1-11(2)14-6-4-12(3)15(14)7-5-13(10-17)8-9-16/h5,10,12,14-16H,1,4,6-9H2,2-3H3/b13-5+. The van der Waals surface area contributed by atoms with Crippen LogP contribution in [0.3, 0.4) is 0 Å². The number of carbonyl (C=O) groups is 1. The molecule has 1 rings (SSSR count). The van der Waals surface area contributed by atoms with Gasteiger partial charge in [-0.2, -0.15) is 0 Å². The Bertz CT molecular complexity index is 304. The van der Waals surface area contributed by atoms with Crippen molar-refractivity contribution in [3.63, 3.8) is 0 Å². The van der Waals surface area contributed by atoms with Crippen LogP contribution in [0.5, 0.6) is 0 Å². The summed E-state index contributed by atoms with van der Waals surface area (Å²) in [6.45, 7) is 8.52. The van der Waals surface area contributed by atoms with Crippen LogP contribution in [0.1, 0.15) is 39.5 Å². The predicted molar refractivity (Wildman–Crippen MR) is 70.7 cm³/mol. The van der Waals surface area contributed by atoms with Crippen molar-refractivity contribution in [2.45, 2.75) is 39.5 Å². The number of aliphatic hydroxyl groups excluding tert-OH is 1. The molecule has 0 saturated heterocycles. The summed E-state index contributed by atoms with van der Waals surface area (Å²) in [5.74, 6) is 1.92. The van der Waals surface area contributed by atoms with Crippen molar-refractivity contribution in [3.8, 4) is 0 Å². The van der Waals surface area contributed by atoms with Crippen LogP contribution in [0, 0.1) is 17.8 Å². The van der Waals surface area contributed by atoms with E-state index in [0.717, 1.165) is 18.3 Å². The summed E-state index contributed by atoms with van der Waals surface area (Å²) in [5.41, 5.74) is 2.00. The zero-order valence-electron chi connectivity index (χ0n) is 11.0. The van der Waals surface area contributed by atoms with Gasteiger partial charge in [-0.3, -0.25) is 4.79 Å². The van der Waals surface area contributed by atoms with Crippen LogP contribution in [0.2, 0.25) is 0 Å². The van der Waals surface area contributed by atoms with E-state index < -0.39 is 0 Å². The molecule has 1 fully saturated rings. The molecule has 0 aliphatic heterocycles. The SMILES string of the molecule is C=C(C)C1CCC(C)C1C/C=C(/C=O)CCO. The summed E-state index contributed by atoms with van der Waals surface area (Å²) in [7, 11) is 0. The Morgan fingerprint density at radius 3 is 2.71 bits per heavy atom. The molecule has 1 N–H and O–H groups in total. The van der Waals surface area contributed by atoms with E-state index in [2.05, 4.69) is 20.4 Å². The van der Waals surface area contributed by atoms with Gasteiger partial charge in [0, 0.05) is 6.61 Å². The lowest BCUT2D eigenvalue weighted by atomic mass is 9.83. The molecule has 2 heteroatoms. The topological polar surface area (TPSA) is 37.3 Å². The lowest BCUT2D eigenvalue weighted by Crippen LogP contribution is -2.13. The zero-order valence-corrected chi connectivity index (χ0v) is 11.0. The van der Waals surface area contributed by atoms with Crippen molar-refractivity contribution < 1.29 is 9.90 Å². The average Bonchev–Trinajstić information content (AvgIpc) is 2.66. The van der Waals surface area contributed by atoms with Crippen LogP contribution in [0.25, 0.3) is 0 Å². The third-order valence-electron chi connectivity index (χ3n) is 4.02. The fourth-order valence-electron chi connectivity index (χ4n) is 2.90. The van der Waals surface area contributed by atoms with Crippen LogP contribution in [0.15, 0.2) is 23.8 Å². The molecule has 3 atom stereocenters. The van der Waals surface area contributed by atoms with Crippen molar-refractivity contribution in [1.29, 1.82) is 0 Å². The fourth-order valence-corrected chi connectivity index (χ4v) is 2.90. The minimum atomic E-state index is 0.0503. The predicted octanol–water partition coefficient (Wildman–Crippen LogP) is 3.12. The highest BCUT2D eigenvalue weighted by Crippen LogP contribution is 2.42. The van der Waals surface area contributed by atoms with Crippen molar-refractivity contribution in [2.75, 3.05) is 6.61 Å². The normalized spacial score (nSPS) is 29.4. The van der Waals surface area contributed by atoms with E-state index >= 15 is 0 Å². The molecule has 0 spiro atoms. The van der Waals surface area contributed by atoms with Crippen LogP contribution in [-0.4, -0.2) is 18.0 Å². The van der Waals surface area contributed by atoms with Gasteiger partial charge in [-0.05, 0) is 55.9 Å². The van der Waals surface area contributed by atoms with Gasteiger partial charge in [0.05, 0.1) is 0 Å². The molecule has 0 amide bonds. The first kappa shape index (κ1) is 14.2. The number of rotatable bonds is 6. The lowest BCUT2D eigenvalue weighted by molar-refractivity contribution is -0.105. The van der Waals surface area contributed by atoms with Crippen LogP contribution < -0.4 is 0 Å². The number of allylic oxidation sites excluding steroid dienone is 2. The molecule has 1 aliphatic rings. The number of hydrogen-bond donors (Lipinski definition) is 1. The summed E-state index contributed by atoms with van der Waals surface area (Å²) >= 11 is 0. The summed E-state index contributed by atoms with van der Waals surface area (Å²) < 4.78 is 0. The van der Waals surface area contributed by atoms with Gasteiger partial charge in [-0.25, -0.2) is 0 Å². The Hall–Kier alpha value is -0.890. The molecule has 2 nitrogen and oxygen atoms in total. The van der Waals surface area contributed by atoms with Gasteiger partial charge in [0.1, 0.15) is 6.29 Å². The van der Waals surface area contributed by atoms with E-state index in [1.165, 1.54) is 18.4 Å². The monoisotopic (exact) mass is 236 g/mol. The molecule has 1 aliphatic carbocycles.